The van der Waals surface area contributed by atoms with Crippen molar-refractivity contribution in [3.63, 3.8) is 0 Å². The molecule has 0 aromatic rings. The van der Waals surface area contributed by atoms with Crippen molar-refractivity contribution in [3.8, 4) is 0 Å². The first-order chi connectivity index (χ1) is 18.7. The summed E-state index contributed by atoms with van der Waals surface area (Å²) in [5.41, 5.74) is -3.28. The Bertz CT molecular complexity index is 1240. The van der Waals surface area contributed by atoms with E-state index < -0.39 is 76.1 Å². The number of hydrogen-bond donors (Lipinski definition) is 4. The van der Waals surface area contributed by atoms with Crippen LogP contribution in [0, 0.1) is 34.0 Å². The molecule has 0 unspecified atom stereocenters. The monoisotopic (exact) mass is 557 g/mol. The molecule has 6 aliphatic rings. The summed E-state index contributed by atoms with van der Waals surface area (Å²) in [5.74, 6) is -2.63. The van der Waals surface area contributed by atoms with Gasteiger partial charge in [-0.15, -0.1) is 0 Å². The Balaban J connectivity index is 1.64. The molecule has 220 valence electrons. The van der Waals surface area contributed by atoms with Crippen LogP contribution in [0.1, 0.15) is 53.9 Å². The predicted octanol–water partition coefficient (Wildman–Crippen LogP) is 1.49. The molecule has 1 aliphatic heterocycles. The number of allylic oxidation sites excluding steroid dienone is 2. The molecule has 2 spiro atoms. The van der Waals surface area contributed by atoms with Crippen LogP contribution in [0.5, 0.6) is 0 Å². The molecule has 0 aromatic carbocycles. The average Bonchev–Trinajstić information content (AvgIpc) is 3.21. The third kappa shape index (κ3) is 2.86. The number of esters is 2. The molecule has 9 heteroatoms. The number of likely N-dealkylation sites (tertiary alicyclic amines) is 1. The molecule has 0 radical (unpaired) electrons. The van der Waals surface area contributed by atoms with Gasteiger partial charge in [-0.3, -0.25) is 0 Å². The van der Waals surface area contributed by atoms with Gasteiger partial charge in [-0.2, -0.15) is 0 Å². The summed E-state index contributed by atoms with van der Waals surface area (Å²) in [6.45, 7) is 13.4. The van der Waals surface area contributed by atoms with Gasteiger partial charge in [-0.25, -0.2) is 9.59 Å². The number of hydrogen-bond acceptors (Lipinski definition) is 9. The largest absolute Gasteiger partial charge is 0.455 e. The second kappa shape index (κ2) is 8.51. The molecule has 5 aliphatic carbocycles. The highest BCUT2D eigenvalue weighted by Gasteiger charge is 2.93. The van der Waals surface area contributed by atoms with E-state index in [1.165, 1.54) is 0 Å². The predicted molar refractivity (Wildman–Crippen MR) is 144 cm³/mol. The number of ether oxygens (including phenoxy) is 2. The highest BCUT2D eigenvalue weighted by atomic mass is 16.6. The summed E-state index contributed by atoms with van der Waals surface area (Å²) in [5, 5.41) is 48.2. The summed E-state index contributed by atoms with van der Waals surface area (Å²) in [7, 11) is 1.99. The first-order valence-corrected chi connectivity index (χ1v) is 14.5. The third-order valence-corrected chi connectivity index (χ3v) is 12.3. The van der Waals surface area contributed by atoms with E-state index in [1.54, 1.807) is 39.8 Å². The highest BCUT2D eigenvalue weighted by molar-refractivity contribution is 5.89. The molecule has 1 heterocycles. The second-order valence-electron chi connectivity index (χ2n) is 13.8. The van der Waals surface area contributed by atoms with Gasteiger partial charge < -0.3 is 34.8 Å². The molecule has 5 saturated carbocycles. The van der Waals surface area contributed by atoms with E-state index in [0.717, 1.165) is 5.57 Å². The highest BCUT2D eigenvalue weighted by Crippen LogP contribution is 2.84. The zero-order valence-corrected chi connectivity index (χ0v) is 24.3. The van der Waals surface area contributed by atoms with Crippen molar-refractivity contribution in [3.05, 3.63) is 35.5 Å². The Morgan fingerprint density at radius 3 is 2.15 bits per heavy atom. The van der Waals surface area contributed by atoms with Crippen molar-refractivity contribution < 1.29 is 39.5 Å². The van der Waals surface area contributed by atoms with E-state index in [4.69, 9.17) is 9.47 Å². The maximum atomic E-state index is 13.4. The quantitative estimate of drug-likeness (QED) is 0.230. The number of aliphatic hydroxyl groups excluding tert-OH is 3. The van der Waals surface area contributed by atoms with Gasteiger partial charge in [-0.05, 0) is 59.9 Å². The molecule has 6 fully saturated rings. The van der Waals surface area contributed by atoms with Gasteiger partial charge in [0.15, 0.2) is 0 Å². The normalized spacial score (nSPS) is 53.0. The molecule has 6 bridgehead atoms. The lowest BCUT2D eigenvalue weighted by Crippen LogP contribution is -2.84. The lowest BCUT2D eigenvalue weighted by atomic mass is 9.38. The van der Waals surface area contributed by atoms with Gasteiger partial charge in [0.2, 0.25) is 0 Å². The number of piperidine rings is 1. The van der Waals surface area contributed by atoms with Crippen molar-refractivity contribution in [2.24, 2.45) is 34.0 Å². The number of carbonyl (C=O) groups is 2. The van der Waals surface area contributed by atoms with E-state index >= 15 is 0 Å². The molecular formula is C31H43NO8. The van der Waals surface area contributed by atoms with Gasteiger partial charge in [0.25, 0.3) is 0 Å². The van der Waals surface area contributed by atoms with Crippen LogP contribution in [0.2, 0.25) is 0 Å². The van der Waals surface area contributed by atoms with E-state index in [2.05, 4.69) is 11.5 Å². The minimum Gasteiger partial charge on any atom is -0.455 e. The zero-order valence-electron chi connectivity index (χ0n) is 24.3. The van der Waals surface area contributed by atoms with Gasteiger partial charge in [-0.1, -0.05) is 31.2 Å². The minimum atomic E-state index is -1.78. The van der Waals surface area contributed by atoms with Gasteiger partial charge >= 0.3 is 11.9 Å². The lowest BCUT2D eigenvalue weighted by molar-refractivity contribution is -0.361. The van der Waals surface area contributed by atoms with Gasteiger partial charge in [0.05, 0.1) is 12.2 Å². The van der Waals surface area contributed by atoms with E-state index in [1.807, 2.05) is 14.0 Å². The van der Waals surface area contributed by atoms with E-state index in [-0.39, 0.29) is 24.8 Å². The number of carbonyl (C=O) groups excluding carboxylic acids is 2. The number of aliphatic hydroxyl groups is 4. The Morgan fingerprint density at radius 1 is 1.00 bits per heavy atom. The van der Waals surface area contributed by atoms with Crippen molar-refractivity contribution in [1.82, 2.24) is 4.90 Å². The van der Waals surface area contributed by atoms with Crippen LogP contribution in [0.15, 0.2) is 35.5 Å². The Morgan fingerprint density at radius 2 is 1.57 bits per heavy atom. The summed E-state index contributed by atoms with van der Waals surface area (Å²) >= 11 is 0. The second-order valence-corrected chi connectivity index (χ2v) is 13.8. The SMILES string of the molecule is C=C1C[C@]23[C@H]4[C@H]1[C@@H](OC(=O)/C(C)=C/C)[C@@H](OC(=O)/C(C)=C/C)[C@H]2[C@@]12C[C@@H](O)C[C@@](C)(CN(C)[C@H]41)[C@@]2(O)[C@@H](O)[C@@H]3O. The third-order valence-electron chi connectivity index (χ3n) is 12.3. The number of rotatable bonds is 4. The summed E-state index contributed by atoms with van der Waals surface area (Å²) in [6, 6.07) is -0.378. The smallest absolute Gasteiger partial charge is 0.333 e. The molecule has 6 rings (SSSR count). The van der Waals surface area contributed by atoms with Crippen molar-refractivity contribution in [2.75, 3.05) is 13.6 Å². The topological polar surface area (TPSA) is 137 Å². The van der Waals surface area contributed by atoms with Crippen LogP contribution >= 0.6 is 0 Å². The van der Waals surface area contributed by atoms with Crippen LogP contribution in [-0.2, 0) is 19.1 Å². The molecule has 0 aromatic heterocycles. The van der Waals surface area contributed by atoms with Crippen LogP contribution in [0.25, 0.3) is 0 Å². The van der Waals surface area contributed by atoms with Crippen LogP contribution in [0.4, 0.5) is 0 Å². The fraction of sp³-hybridized carbons (Fsp3) is 0.742. The standard InChI is InChI=1S/C31H43NO8/c1-8-14(3)26(36)39-20-18-16(5)10-29-19(18)23-30(22(29)21(20)40-27(37)15(4)9-2)12-17(33)11-28(6,13-32(23)7)31(30,38)25(35)24(29)34/h8-9,17-25,33-35,38H,5,10-13H2,1-4,6-7H3/b14-8+,15-9+/t17-,18-,19-,20+,21+,22+,23+,24-,25-,28-,29-,30-,31-/m0/s1. The van der Waals surface area contributed by atoms with Crippen molar-refractivity contribution in [1.29, 1.82) is 0 Å². The van der Waals surface area contributed by atoms with Crippen molar-refractivity contribution in [2.45, 2.75) is 96.0 Å². The fourth-order valence-electron chi connectivity index (χ4n) is 11.1. The maximum Gasteiger partial charge on any atom is 0.333 e. The molecular weight excluding hydrogens is 514 g/mol. The fourth-order valence-corrected chi connectivity index (χ4v) is 11.1. The summed E-state index contributed by atoms with van der Waals surface area (Å²) in [4.78, 5) is 28.9. The van der Waals surface area contributed by atoms with Crippen LogP contribution in [-0.4, -0.2) is 93.0 Å². The minimum absolute atomic E-state index is 0.172. The van der Waals surface area contributed by atoms with Crippen LogP contribution in [0.3, 0.4) is 0 Å². The van der Waals surface area contributed by atoms with E-state index in [0.29, 0.717) is 24.1 Å². The maximum absolute atomic E-state index is 13.4. The average molecular weight is 558 g/mol. The first kappa shape index (κ1) is 28.1. The Labute approximate surface area is 235 Å². The first-order valence-electron chi connectivity index (χ1n) is 14.5. The molecule has 13 atom stereocenters. The molecule has 9 nitrogen and oxygen atoms in total. The summed E-state index contributed by atoms with van der Waals surface area (Å²) < 4.78 is 12.5. The molecule has 4 N–H and O–H groups in total. The Kier molecular flexibility index (Phi) is 5.97. The van der Waals surface area contributed by atoms with Crippen molar-refractivity contribution >= 4 is 11.9 Å². The van der Waals surface area contributed by atoms with Gasteiger partial charge in [0, 0.05) is 51.8 Å². The summed E-state index contributed by atoms with van der Waals surface area (Å²) in [6.07, 6.45) is -1.41. The molecule has 40 heavy (non-hydrogen) atoms. The lowest BCUT2D eigenvalue weighted by Gasteiger charge is -2.73. The molecule has 1 saturated heterocycles. The van der Waals surface area contributed by atoms with E-state index in [9.17, 15) is 30.0 Å². The van der Waals surface area contributed by atoms with Gasteiger partial charge in [0.1, 0.15) is 23.9 Å². The zero-order chi connectivity index (χ0) is 29.3. The molecule has 0 amide bonds. The number of nitrogens with zero attached hydrogens (tertiary/aromatic N) is 1. The Hall–Kier alpha value is -2.04. The van der Waals surface area contributed by atoms with Crippen LogP contribution < -0.4 is 0 Å².